The largest absolute Gasteiger partial charge is 0.375 e. The van der Waals surface area contributed by atoms with E-state index in [0.717, 1.165) is 19.5 Å². The number of nitrogens with zero attached hydrogens (tertiary/aromatic N) is 2. The molecule has 3 rings (SSSR count). The van der Waals surface area contributed by atoms with Gasteiger partial charge in [0.15, 0.2) is 5.13 Å². The van der Waals surface area contributed by atoms with Crippen molar-refractivity contribution in [1.82, 2.24) is 9.88 Å². The fraction of sp³-hybridized carbons (Fsp3) is 0.400. The first kappa shape index (κ1) is 16.2. The van der Waals surface area contributed by atoms with Gasteiger partial charge in [0.2, 0.25) is 0 Å². The van der Waals surface area contributed by atoms with Crippen LogP contribution < -0.4 is 5.73 Å². The van der Waals surface area contributed by atoms with Crippen LogP contribution in [0.2, 0.25) is 0 Å². The lowest BCUT2D eigenvalue weighted by Crippen LogP contribution is -2.26. The molecule has 0 bridgehead atoms. The number of thiazole rings is 1. The molecular formula is C15H19ClFN3S. The second-order valence-corrected chi connectivity index (χ2v) is 6.57. The number of likely N-dealkylation sites (tertiary alicyclic amines) is 1. The predicted molar refractivity (Wildman–Crippen MR) is 87.4 cm³/mol. The highest BCUT2D eigenvalue weighted by Crippen LogP contribution is 2.33. The molecule has 21 heavy (non-hydrogen) atoms. The molecule has 114 valence electrons. The molecule has 2 heterocycles. The van der Waals surface area contributed by atoms with Crippen LogP contribution >= 0.6 is 23.7 Å². The normalized spacial score (nSPS) is 22.2. The van der Waals surface area contributed by atoms with E-state index in [1.54, 1.807) is 23.5 Å². The van der Waals surface area contributed by atoms with Gasteiger partial charge in [-0.25, -0.2) is 9.37 Å². The van der Waals surface area contributed by atoms with Gasteiger partial charge in [-0.05, 0) is 37.0 Å². The van der Waals surface area contributed by atoms with Crippen molar-refractivity contribution in [3.05, 3.63) is 46.7 Å². The minimum Gasteiger partial charge on any atom is -0.375 e. The number of nitrogens with two attached hydrogens (primary N) is 1. The van der Waals surface area contributed by atoms with Gasteiger partial charge in [-0.1, -0.05) is 12.1 Å². The average Bonchev–Trinajstić information content (AvgIpc) is 2.98. The number of benzene rings is 1. The Hall–Kier alpha value is -1.17. The van der Waals surface area contributed by atoms with E-state index in [1.165, 1.54) is 10.4 Å². The Labute approximate surface area is 134 Å². The Morgan fingerprint density at radius 1 is 1.38 bits per heavy atom. The molecule has 2 atom stereocenters. The number of hydrogen-bond acceptors (Lipinski definition) is 4. The molecule has 1 aliphatic heterocycles. The second-order valence-electron chi connectivity index (χ2n) is 5.43. The van der Waals surface area contributed by atoms with Gasteiger partial charge >= 0.3 is 0 Å². The molecule has 0 saturated carbocycles. The Morgan fingerprint density at radius 2 is 2.10 bits per heavy atom. The van der Waals surface area contributed by atoms with Crippen LogP contribution in [-0.2, 0) is 6.54 Å². The van der Waals surface area contributed by atoms with Crippen molar-refractivity contribution in [3.63, 3.8) is 0 Å². The molecule has 6 heteroatoms. The average molecular weight is 328 g/mol. The quantitative estimate of drug-likeness (QED) is 0.935. The number of halogens is 2. The first-order valence-corrected chi connectivity index (χ1v) is 7.63. The summed E-state index contributed by atoms with van der Waals surface area (Å²) in [6.07, 6.45) is 2.97. The van der Waals surface area contributed by atoms with Crippen molar-refractivity contribution in [2.24, 2.45) is 0 Å². The van der Waals surface area contributed by atoms with Crippen LogP contribution in [-0.4, -0.2) is 22.5 Å². The smallest absolute Gasteiger partial charge is 0.180 e. The molecule has 2 unspecified atom stereocenters. The Kier molecular flexibility index (Phi) is 5.19. The van der Waals surface area contributed by atoms with E-state index in [9.17, 15) is 4.39 Å². The summed E-state index contributed by atoms with van der Waals surface area (Å²) in [5.74, 6) is 0.313. The fourth-order valence-corrected chi connectivity index (χ4v) is 3.60. The summed E-state index contributed by atoms with van der Waals surface area (Å²) in [6.45, 7) is 4.15. The van der Waals surface area contributed by atoms with Gasteiger partial charge in [0.1, 0.15) is 5.82 Å². The summed E-state index contributed by atoms with van der Waals surface area (Å²) >= 11 is 1.55. The van der Waals surface area contributed by atoms with Crippen LogP contribution in [0.3, 0.4) is 0 Å². The molecule has 0 amide bonds. The minimum atomic E-state index is -0.170. The van der Waals surface area contributed by atoms with E-state index in [-0.39, 0.29) is 18.2 Å². The highest BCUT2D eigenvalue weighted by atomic mass is 35.5. The third-order valence-electron chi connectivity index (χ3n) is 3.98. The summed E-state index contributed by atoms with van der Waals surface area (Å²) in [4.78, 5) is 7.75. The van der Waals surface area contributed by atoms with Crippen molar-refractivity contribution < 1.29 is 4.39 Å². The lowest BCUT2D eigenvalue weighted by atomic mass is 9.97. The third-order valence-corrected chi connectivity index (χ3v) is 4.79. The SMILES string of the molecule is CC1CC(c2ccc(F)cc2)CN1Cc1cnc(N)s1.Cl. The Bertz CT molecular complexity index is 587. The zero-order valence-electron chi connectivity index (χ0n) is 11.8. The summed E-state index contributed by atoms with van der Waals surface area (Å²) < 4.78 is 13.0. The highest BCUT2D eigenvalue weighted by molar-refractivity contribution is 7.15. The molecule has 2 N–H and O–H groups in total. The maximum absolute atomic E-state index is 13.0. The standard InChI is InChI=1S/C15H18FN3S.ClH/c1-10-6-12(11-2-4-13(16)5-3-11)8-19(10)9-14-7-18-15(17)20-14;/h2-5,7,10,12H,6,8-9H2,1H3,(H2,17,18);1H. The van der Waals surface area contributed by atoms with Gasteiger partial charge in [0, 0.05) is 30.2 Å². The highest BCUT2D eigenvalue weighted by Gasteiger charge is 2.30. The minimum absolute atomic E-state index is 0. The first-order chi connectivity index (χ1) is 9.61. The van der Waals surface area contributed by atoms with E-state index < -0.39 is 0 Å². The van der Waals surface area contributed by atoms with Crippen LogP contribution in [0.4, 0.5) is 9.52 Å². The number of hydrogen-bond donors (Lipinski definition) is 1. The Morgan fingerprint density at radius 3 is 2.71 bits per heavy atom. The summed E-state index contributed by atoms with van der Waals surface area (Å²) in [5.41, 5.74) is 6.90. The zero-order chi connectivity index (χ0) is 14.1. The molecule has 1 aromatic carbocycles. The van der Waals surface area contributed by atoms with E-state index in [4.69, 9.17) is 5.73 Å². The van der Waals surface area contributed by atoms with Crippen LogP contribution in [0.15, 0.2) is 30.5 Å². The molecule has 0 radical (unpaired) electrons. The monoisotopic (exact) mass is 327 g/mol. The van der Waals surface area contributed by atoms with Gasteiger partial charge in [0.05, 0.1) is 0 Å². The van der Waals surface area contributed by atoms with Gasteiger partial charge in [0.25, 0.3) is 0 Å². The number of nitrogen functional groups attached to an aromatic ring is 1. The van der Waals surface area contributed by atoms with Gasteiger partial charge < -0.3 is 5.73 Å². The lowest BCUT2D eigenvalue weighted by Gasteiger charge is -2.19. The van der Waals surface area contributed by atoms with Crippen LogP contribution in [0, 0.1) is 5.82 Å². The maximum Gasteiger partial charge on any atom is 0.180 e. The van der Waals surface area contributed by atoms with Gasteiger partial charge in [-0.2, -0.15) is 0 Å². The molecule has 0 aliphatic carbocycles. The zero-order valence-corrected chi connectivity index (χ0v) is 13.5. The Balaban J connectivity index is 0.00000161. The second kappa shape index (κ2) is 6.73. The van der Waals surface area contributed by atoms with Gasteiger partial charge in [-0.15, -0.1) is 23.7 Å². The van der Waals surface area contributed by atoms with Crippen LogP contribution in [0.25, 0.3) is 0 Å². The number of rotatable bonds is 3. The third kappa shape index (κ3) is 3.73. The van der Waals surface area contributed by atoms with E-state index in [2.05, 4.69) is 16.8 Å². The van der Waals surface area contributed by atoms with Crippen LogP contribution in [0.5, 0.6) is 0 Å². The number of anilines is 1. The molecule has 1 saturated heterocycles. The molecular weight excluding hydrogens is 309 g/mol. The van der Waals surface area contributed by atoms with E-state index in [1.807, 2.05) is 18.3 Å². The van der Waals surface area contributed by atoms with Gasteiger partial charge in [-0.3, -0.25) is 4.90 Å². The van der Waals surface area contributed by atoms with Crippen LogP contribution in [0.1, 0.15) is 29.7 Å². The predicted octanol–water partition coefficient (Wildman–Crippen LogP) is 3.66. The maximum atomic E-state index is 13.0. The summed E-state index contributed by atoms with van der Waals surface area (Å²) in [7, 11) is 0. The first-order valence-electron chi connectivity index (χ1n) is 6.81. The topological polar surface area (TPSA) is 42.2 Å². The van der Waals surface area contributed by atoms with Crippen molar-refractivity contribution >= 4 is 28.9 Å². The van der Waals surface area contributed by atoms with Crippen molar-refractivity contribution in [2.45, 2.75) is 31.8 Å². The van der Waals surface area contributed by atoms with E-state index >= 15 is 0 Å². The van der Waals surface area contributed by atoms with E-state index in [0.29, 0.717) is 17.1 Å². The molecule has 1 aromatic heterocycles. The molecule has 1 fully saturated rings. The van der Waals surface area contributed by atoms with Crippen molar-refractivity contribution in [3.8, 4) is 0 Å². The summed E-state index contributed by atoms with van der Waals surface area (Å²) in [5, 5.41) is 0.627. The molecule has 3 nitrogen and oxygen atoms in total. The number of aromatic nitrogens is 1. The molecule has 2 aromatic rings. The van der Waals surface area contributed by atoms with Crippen molar-refractivity contribution in [2.75, 3.05) is 12.3 Å². The lowest BCUT2D eigenvalue weighted by molar-refractivity contribution is 0.261. The summed E-state index contributed by atoms with van der Waals surface area (Å²) in [6, 6.07) is 7.43. The van der Waals surface area contributed by atoms with Crippen molar-refractivity contribution in [1.29, 1.82) is 0 Å². The molecule has 0 spiro atoms. The fourth-order valence-electron chi connectivity index (χ4n) is 2.89. The molecule has 1 aliphatic rings.